The number of nitrogens with one attached hydrogen (secondary N) is 1. The molecule has 0 aliphatic heterocycles. The van der Waals surface area contributed by atoms with Crippen LogP contribution < -0.4 is 11.1 Å². The highest BCUT2D eigenvalue weighted by atomic mass is 35.5. The fourth-order valence-electron chi connectivity index (χ4n) is 1.89. The Morgan fingerprint density at radius 2 is 1.95 bits per heavy atom. The van der Waals surface area contributed by atoms with Crippen LogP contribution in [-0.2, 0) is 0 Å². The third-order valence-electron chi connectivity index (χ3n) is 2.84. The van der Waals surface area contributed by atoms with Gasteiger partial charge in [0.15, 0.2) is 0 Å². The minimum atomic E-state index is -0.412. The lowest BCUT2D eigenvalue weighted by Gasteiger charge is -2.09. The lowest BCUT2D eigenvalue weighted by molar-refractivity contribution is 0.632. The van der Waals surface area contributed by atoms with Crippen LogP contribution in [0.4, 0.5) is 21.6 Å². The van der Waals surface area contributed by atoms with E-state index in [0.29, 0.717) is 21.9 Å². The van der Waals surface area contributed by atoms with Crippen LogP contribution in [0.25, 0.3) is 10.9 Å². The predicted octanol–water partition coefficient (Wildman–Crippen LogP) is 3.75. The van der Waals surface area contributed by atoms with Crippen molar-refractivity contribution in [2.24, 2.45) is 0 Å². The summed E-state index contributed by atoms with van der Waals surface area (Å²) in [7, 11) is 0. The summed E-state index contributed by atoms with van der Waals surface area (Å²) in [6.45, 7) is 0. The van der Waals surface area contributed by atoms with E-state index in [2.05, 4.69) is 15.3 Å². The van der Waals surface area contributed by atoms with E-state index >= 15 is 0 Å². The van der Waals surface area contributed by atoms with Crippen LogP contribution in [0.3, 0.4) is 0 Å². The Bertz CT molecular complexity index is 791. The fraction of sp³-hybridized carbons (Fsp3) is 0. The first-order valence-corrected chi connectivity index (χ1v) is 6.23. The SMILES string of the molecule is Nc1ccc2ncnc(Nc3cc(Cl)ccc3F)c2c1. The summed E-state index contributed by atoms with van der Waals surface area (Å²) < 4.78 is 13.7. The maximum atomic E-state index is 13.7. The van der Waals surface area contributed by atoms with Crippen molar-refractivity contribution in [1.82, 2.24) is 9.97 Å². The molecule has 3 rings (SSSR count). The lowest BCUT2D eigenvalue weighted by atomic mass is 10.2. The molecule has 0 saturated carbocycles. The van der Waals surface area contributed by atoms with Gasteiger partial charge >= 0.3 is 0 Å². The molecule has 3 N–H and O–H groups in total. The minimum absolute atomic E-state index is 0.250. The van der Waals surface area contributed by atoms with Crippen LogP contribution in [0.2, 0.25) is 5.02 Å². The van der Waals surface area contributed by atoms with Crippen molar-refractivity contribution in [3.63, 3.8) is 0 Å². The second-order valence-electron chi connectivity index (χ2n) is 4.25. The number of hydrogen-bond acceptors (Lipinski definition) is 4. The number of nitrogens with two attached hydrogens (primary N) is 1. The lowest BCUT2D eigenvalue weighted by Crippen LogP contribution is -1.98. The van der Waals surface area contributed by atoms with E-state index in [0.717, 1.165) is 5.52 Å². The molecule has 0 spiro atoms. The van der Waals surface area contributed by atoms with Crippen LogP contribution in [-0.4, -0.2) is 9.97 Å². The van der Waals surface area contributed by atoms with Crippen molar-refractivity contribution in [2.75, 3.05) is 11.1 Å². The van der Waals surface area contributed by atoms with Crippen molar-refractivity contribution in [3.8, 4) is 0 Å². The Morgan fingerprint density at radius 1 is 1.10 bits per heavy atom. The average molecular weight is 289 g/mol. The van der Waals surface area contributed by atoms with Crippen molar-refractivity contribution in [1.29, 1.82) is 0 Å². The largest absolute Gasteiger partial charge is 0.399 e. The molecule has 0 aliphatic carbocycles. The number of hydrogen-bond donors (Lipinski definition) is 2. The molecule has 0 bridgehead atoms. The highest BCUT2D eigenvalue weighted by molar-refractivity contribution is 6.30. The van der Waals surface area contributed by atoms with Gasteiger partial charge in [-0.05, 0) is 36.4 Å². The molecule has 20 heavy (non-hydrogen) atoms. The van der Waals surface area contributed by atoms with Gasteiger partial charge in [0.2, 0.25) is 0 Å². The van der Waals surface area contributed by atoms with Gasteiger partial charge in [-0.1, -0.05) is 11.6 Å². The third kappa shape index (κ3) is 2.35. The Labute approximate surface area is 119 Å². The number of benzene rings is 2. The van der Waals surface area contributed by atoms with E-state index in [-0.39, 0.29) is 5.69 Å². The van der Waals surface area contributed by atoms with Gasteiger partial charge in [0.05, 0.1) is 11.2 Å². The normalized spacial score (nSPS) is 10.7. The Balaban J connectivity index is 2.10. The summed E-state index contributed by atoms with van der Waals surface area (Å²) in [6.07, 6.45) is 1.41. The second kappa shape index (κ2) is 4.94. The van der Waals surface area contributed by atoms with Gasteiger partial charge in [0.25, 0.3) is 0 Å². The zero-order chi connectivity index (χ0) is 14.1. The van der Waals surface area contributed by atoms with Crippen LogP contribution in [0.1, 0.15) is 0 Å². The molecule has 0 saturated heterocycles. The van der Waals surface area contributed by atoms with Gasteiger partial charge in [-0.25, -0.2) is 14.4 Å². The molecule has 0 amide bonds. The zero-order valence-electron chi connectivity index (χ0n) is 10.3. The van der Waals surface area contributed by atoms with Gasteiger partial charge in [0.1, 0.15) is 18.0 Å². The highest BCUT2D eigenvalue weighted by Crippen LogP contribution is 2.27. The monoisotopic (exact) mass is 288 g/mol. The third-order valence-corrected chi connectivity index (χ3v) is 3.08. The van der Waals surface area contributed by atoms with E-state index in [1.807, 2.05) is 0 Å². The van der Waals surface area contributed by atoms with Crippen LogP contribution >= 0.6 is 11.6 Å². The quantitative estimate of drug-likeness (QED) is 0.705. The van der Waals surface area contributed by atoms with Crippen molar-refractivity contribution < 1.29 is 4.39 Å². The Hall–Kier alpha value is -2.40. The van der Waals surface area contributed by atoms with Gasteiger partial charge in [0, 0.05) is 16.1 Å². The molecule has 2 aromatic carbocycles. The minimum Gasteiger partial charge on any atom is -0.399 e. The molecule has 0 radical (unpaired) electrons. The Kier molecular flexibility index (Phi) is 3.12. The Morgan fingerprint density at radius 3 is 2.80 bits per heavy atom. The smallest absolute Gasteiger partial charge is 0.146 e. The molecule has 3 aromatic rings. The number of halogens is 2. The van der Waals surface area contributed by atoms with E-state index in [1.165, 1.54) is 24.5 Å². The molecule has 0 unspecified atom stereocenters. The summed E-state index contributed by atoms with van der Waals surface area (Å²) in [6, 6.07) is 9.54. The van der Waals surface area contributed by atoms with E-state index < -0.39 is 5.82 Å². The second-order valence-corrected chi connectivity index (χ2v) is 4.68. The molecule has 6 heteroatoms. The number of fused-ring (bicyclic) bond motifs is 1. The van der Waals surface area contributed by atoms with Crippen molar-refractivity contribution in [2.45, 2.75) is 0 Å². The summed E-state index contributed by atoms with van der Waals surface area (Å²) in [5.41, 5.74) is 7.32. The topological polar surface area (TPSA) is 63.8 Å². The summed E-state index contributed by atoms with van der Waals surface area (Å²) in [5, 5.41) is 4.07. The fourth-order valence-corrected chi connectivity index (χ4v) is 2.07. The van der Waals surface area contributed by atoms with Crippen LogP contribution in [0.5, 0.6) is 0 Å². The first-order chi connectivity index (χ1) is 9.63. The predicted molar refractivity (Wildman–Crippen MR) is 78.6 cm³/mol. The molecule has 4 nitrogen and oxygen atoms in total. The molecular weight excluding hydrogens is 279 g/mol. The molecule has 1 aromatic heterocycles. The molecular formula is C14H10ClFN4. The number of nitrogens with zero attached hydrogens (tertiary/aromatic N) is 2. The number of rotatable bonds is 2. The average Bonchev–Trinajstić information content (AvgIpc) is 2.43. The summed E-state index contributed by atoms with van der Waals surface area (Å²) in [4.78, 5) is 8.26. The van der Waals surface area contributed by atoms with Crippen molar-refractivity contribution >= 4 is 39.7 Å². The van der Waals surface area contributed by atoms with E-state index in [1.54, 1.807) is 18.2 Å². The zero-order valence-corrected chi connectivity index (χ0v) is 11.0. The number of anilines is 3. The maximum Gasteiger partial charge on any atom is 0.146 e. The maximum absolute atomic E-state index is 13.7. The first kappa shape index (κ1) is 12.6. The van der Waals surface area contributed by atoms with E-state index in [9.17, 15) is 4.39 Å². The van der Waals surface area contributed by atoms with Crippen LogP contribution in [0.15, 0.2) is 42.7 Å². The molecule has 100 valence electrons. The van der Waals surface area contributed by atoms with E-state index in [4.69, 9.17) is 17.3 Å². The van der Waals surface area contributed by atoms with Gasteiger partial charge < -0.3 is 11.1 Å². The van der Waals surface area contributed by atoms with Gasteiger partial charge in [-0.15, -0.1) is 0 Å². The van der Waals surface area contributed by atoms with Crippen LogP contribution in [0, 0.1) is 5.82 Å². The molecule has 0 fully saturated rings. The molecule has 0 aliphatic rings. The number of aromatic nitrogens is 2. The standard InChI is InChI=1S/C14H10ClFN4/c15-8-1-3-11(16)13(5-8)20-14-10-6-9(17)2-4-12(10)18-7-19-14/h1-7H,17H2,(H,18,19,20). The molecule has 0 atom stereocenters. The van der Waals surface area contributed by atoms with Gasteiger partial charge in [-0.3, -0.25) is 0 Å². The van der Waals surface area contributed by atoms with Crippen molar-refractivity contribution in [3.05, 3.63) is 53.6 Å². The number of nitrogen functional groups attached to an aromatic ring is 1. The summed E-state index contributed by atoms with van der Waals surface area (Å²) >= 11 is 5.87. The highest BCUT2D eigenvalue weighted by Gasteiger charge is 2.08. The molecule has 1 heterocycles. The first-order valence-electron chi connectivity index (χ1n) is 5.86. The van der Waals surface area contributed by atoms with Gasteiger partial charge in [-0.2, -0.15) is 0 Å². The summed E-state index contributed by atoms with van der Waals surface area (Å²) in [5.74, 6) is 0.0635.